The van der Waals surface area contributed by atoms with Gasteiger partial charge in [0.2, 0.25) is 0 Å². The van der Waals surface area contributed by atoms with Crippen molar-refractivity contribution >= 4 is 11.8 Å². The van der Waals surface area contributed by atoms with E-state index < -0.39 is 0 Å². The summed E-state index contributed by atoms with van der Waals surface area (Å²) in [5.74, 6) is 1.32. The van der Waals surface area contributed by atoms with Crippen molar-refractivity contribution in [2.45, 2.75) is 58.2 Å². The molecule has 0 spiro atoms. The Morgan fingerprint density at radius 1 is 1.15 bits per heavy atom. The molecule has 0 aromatic carbocycles. The molecule has 0 bridgehead atoms. The summed E-state index contributed by atoms with van der Waals surface area (Å²) in [7, 11) is 0. The zero-order valence-corrected chi connectivity index (χ0v) is 10.4. The van der Waals surface area contributed by atoms with Gasteiger partial charge < -0.3 is 5.32 Å². The second kappa shape index (κ2) is 8.89. The molecule has 0 aromatic rings. The van der Waals surface area contributed by atoms with Crippen molar-refractivity contribution in [1.82, 2.24) is 5.32 Å². The Bertz CT molecular complexity index is 106. The molecule has 2 atom stereocenters. The summed E-state index contributed by atoms with van der Waals surface area (Å²) in [5.41, 5.74) is 0. The molecule has 0 aliphatic rings. The van der Waals surface area contributed by atoms with E-state index in [1.54, 1.807) is 0 Å². The first-order valence-corrected chi connectivity index (χ1v) is 6.62. The lowest BCUT2D eigenvalue weighted by Crippen LogP contribution is -2.33. The van der Waals surface area contributed by atoms with E-state index in [0.717, 1.165) is 11.8 Å². The second-order valence-electron chi connectivity index (χ2n) is 3.63. The summed E-state index contributed by atoms with van der Waals surface area (Å²) in [6, 6.07) is 0.650. The van der Waals surface area contributed by atoms with Crippen molar-refractivity contribution in [2.75, 3.05) is 12.3 Å². The average Bonchev–Trinajstić information content (AvgIpc) is 2.12. The van der Waals surface area contributed by atoms with Crippen molar-refractivity contribution in [2.24, 2.45) is 0 Å². The third kappa shape index (κ3) is 7.39. The van der Waals surface area contributed by atoms with Crippen LogP contribution in [0.3, 0.4) is 0 Å². The Balaban J connectivity index is 3.32. The number of thioether (sulfide) groups is 1. The van der Waals surface area contributed by atoms with E-state index in [-0.39, 0.29) is 0 Å². The fraction of sp³-hybridized carbons (Fsp3) is 1.00. The number of nitrogens with one attached hydrogen (secondary N) is 1. The van der Waals surface area contributed by atoms with Gasteiger partial charge in [-0.3, -0.25) is 0 Å². The Morgan fingerprint density at radius 2 is 1.85 bits per heavy atom. The standard InChI is InChI=1S/C11H25NS/c1-5-7-8-9-13-11(4)10(3)12-6-2/h10-12H,5-9H2,1-4H3. The van der Waals surface area contributed by atoms with Crippen molar-refractivity contribution in [3.63, 3.8) is 0 Å². The molecule has 0 heterocycles. The molecule has 2 unspecified atom stereocenters. The van der Waals surface area contributed by atoms with E-state index in [1.165, 1.54) is 25.0 Å². The molecule has 13 heavy (non-hydrogen) atoms. The van der Waals surface area contributed by atoms with Crippen molar-refractivity contribution in [3.8, 4) is 0 Å². The summed E-state index contributed by atoms with van der Waals surface area (Å²) >= 11 is 2.10. The highest BCUT2D eigenvalue weighted by Gasteiger charge is 2.09. The molecule has 2 heteroatoms. The quantitative estimate of drug-likeness (QED) is 0.608. The van der Waals surface area contributed by atoms with Crippen LogP contribution in [-0.4, -0.2) is 23.6 Å². The highest BCUT2D eigenvalue weighted by Crippen LogP contribution is 2.16. The van der Waals surface area contributed by atoms with Gasteiger partial charge in [-0.05, 0) is 25.6 Å². The predicted octanol–water partition coefficient (Wildman–Crippen LogP) is 3.30. The maximum atomic E-state index is 3.47. The number of hydrogen-bond donors (Lipinski definition) is 1. The van der Waals surface area contributed by atoms with Gasteiger partial charge in [0.1, 0.15) is 0 Å². The van der Waals surface area contributed by atoms with Crippen LogP contribution in [0.5, 0.6) is 0 Å². The minimum atomic E-state index is 0.650. The van der Waals surface area contributed by atoms with Crippen LogP contribution in [-0.2, 0) is 0 Å². The fourth-order valence-electron chi connectivity index (χ4n) is 1.25. The lowest BCUT2D eigenvalue weighted by Gasteiger charge is -2.19. The van der Waals surface area contributed by atoms with Crippen LogP contribution in [0.25, 0.3) is 0 Å². The second-order valence-corrected chi connectivity index (χ2v) is 5.11. The van der Waals surface area contributed by atoms with Gasteiger partial charge in [-0.2, -0.15) is 11.8 Å². The van der Waals surface area contributed by atoms with E-state index >= 15 is 0 Å². The van der Waals surface area contributed by atoms with E-state index in [9.17, 15) is 0 Å². The molecule has 1 nitrogen and oxygen atoms in total. The smallest absolute Gasteiger partial charge is 0.0170 e. The molecule has 0 saturated carbocycles. The Kier molecular flexibility index (Phi) is 9.10. The zero-order valence-electron chi connectivity index (χ0n) is 9.60. The van der Waals surface area contributed by atoms with E-state index in [1.807, 2.05) is 0 Å². The summed E-state index contributed by atoms with van der Waals surface area (Å²) < 4.78 is 0. The normalized spacial score (nSPS) is 15.7. The molecule has 0 saturated heterocycles. The minimum absolute atomic E-state index is 0.650. The van der Waals surface area contributed by atoms with Gasteiger partial charge in [-0.15, -0.1) is 0 Å². The Labute approximate surface area is 88.1 Å². The SMILES string of the molecule is CCCCCSC(C)C(C)NCC. The first kappa shape index (κ1) is 13.3. The van der Waals surface area contributed by atoms with Crippen molar-refractivity contribution in [1.29, 1.82) is 0 Å². The highest BCUT2D eigenvalue weighted by molar-refractivity contribution is 7.99. The van der Waals surface area contributed by atoms with Gasteiger partial charge in [0.15, 0.2) is 0 Å². The summed E-state index contributed by atoms with van der Waals surface area (Å²) in [6.07, 6.45) is 4.09. The molecule has 0 radical (unpaired) electrons. The van der Waals surface area contributed by atoms with Crippen LogP contribution < -0.4 is 5.32 Å². The molecule has 80 valence electrons. The predicted molar refractivity (Wildman–Crippen MR) is 64.6 cm³/mol. The minimum Gasteiger partial charge on any atom is -0.313 e. The van der Waals surface area contributed by atoms with Gasteiger partial charge in [0.25, 0.3) is 0 Å². The lowest BCUT2D eigenvalue weighted by molar-refractivity contribution is 0.563. The molecule has 1 N–H and O–H groups in total. The Morgan fingerprint density at radius 3 is 2.38 bits per heavy atom. The molecule has 0 rings (SSSR count). The van der Waals surface area contributed by atoms with E-state index in [0.29, 0.717) is 6.04 Å². The van der Waals surface area contributed by atoms with E-state index in [4.69, 9.17) is 0 Å². The van der Waals surface area contributed by atoms with Gasteiger partial charge >= 0.3 is 0 Å². The molecular weight excluding hydrogens is 178 g/mol. The Hall–Kier alpha value is 0.310. The number of hydrogen-bond acceptors (Lipinski definition) is 2. The number of unbranched alkanes of at least 4 members (excludes halogenated alkanes) is 2. The summed E-state index contributed by atoms with van der Waals surface area (Å²) in [5, 5.41) is 4.21. The molecule has 0 amide bonds. The fourth-order valence-corrected chi connectivity index (χ4v) is 2.38. The third-order valence-corrected chi connectivity index (χ3v) is 3.82. The van der Waals surface area contributed by atoms with Crippen LogP contribution in [0.2, 0.25) is 0 Å². The van der Waals surface area contributed by atoms with Gasteiger partial charge in [0.05, 0.1) is 0 Å². The van der Waals surface area contributed by atoms with E-state index in [2.05, 4.69) is 44.8 Å². The maximum absolute atomic E-state index is 3.47. The molecule has 0 aliphatic carbocycles. The largest absolute Gasteiger partial charge is 0.313 e. The van der Waals surface area contributed by atoms with Crippen molar-refractivity contribution in [3.05, 3.63) is 0 Å². The summed E-state index contributed by atoms with van der Waals surface area (Å²) in [6.45, 7) is 10.1. The molecule has 0 fully saturated rings. The van der Waals surface area contributed by atoms with Gasteiger partial charge in [-0.25, -0.2) is 0 Å². The monoisotopic (exact) mass is 203 g/mol. The topological polar surface area (TPSA) is 12.0 Å². The summed E-state index contributed by atoms with van der Waals surface area (Å²) in [4.78, 5) is 0. The lowest BCUT2D eigenvalue weighted by atomic mass is 10.2. The van der Waals surface area contributed by atoms with Gasteiger partial charge in [0, 0.05) is 11.3 Å². The molecular formula is C11H25NS. The van der Waals surface area contributed by atoms with Gasteiger partial charge in [-0.1, -0.05) is 33.6 Å². The first-order chi connectivity index (χ1) is 6.22. The van der Waals surface area contributed by atoms with Crippen LogP contribution in [0.15, 0.2) is 0 Å². The molecule has 0 aliphatic heterocycles. The van der Waals surface area contributed by atoms with Crippen LogP contribution in [0.1, 0.15) is 47.0 Å². The van der Waals surface area contributed by atoms with Crippen LogP contribution in [0.4, 0.5) is 0 Å². The number of rotatable bonds is 8. The highest BCUT2D eigenvalue weighted by atomic mass is 32.2. The zero-order chi connectivity index (χ0) is 10.1. The van der Waals surface area contributed by atoms with Crippen LogP contribution >= 0.6 is 11.8 Å². The van der Waals surface area contributed by atoms with Crippen LogP contribution in [0, 0.1) is 0 Å². The third-order valence-electron chi connectivity index (χ3n) is 2.36. The first-order valence-electron chi connectivity index (χ1n) is 5.57. The average molecular weight is 203 g/mol. The van der Waals surface area contributed by atoms with Crippen molar-refractivity contribution < 1.29 is 0 Å². The molecule has 0 aromatic heterocycles. The maximum Gasteiger partial charge on any atom is 0.0170 e.